The van der Waals surface area contributed by atoms with E-state index in [1.165, 1.54) is 5.56 Å². The van der Waals surface area contributed by atoms with E-state index < -0.39 is 0 Å². The van der Waals surface area contributed by atoms with Gasteiger partial charge in [0, 0.05) is 43.9 Å². The Morgan fingerprint density at radius 1 is 1.22 bits per heavy atom. The lowest BCUT2D eigenvalue weighted by atomic mass is 9.95. The summed E-state index contributed by atoms with van der Waals surface area (Å²) >= 11 is 7.47. The molecule has 1 aliphatic rings. The molecule has 0 radical (unpaired) electrons. The van der Waals surface area contributed by atoms with Crippen LogP contribution in [-0.2, 0) is 15.3 Å². The fourth-order valence-electron chi connectivity index (χ4n) is 2.67. The molecule has 0 unspecified atom stereocenters. The minimum atomic E-state index is 0.0655. The van der Waals surface area contributed by atoms with E-state index in [9.17, 15) is 9.59 Å². The van der Waals surface area contributed by atoms with E-state index in [1.807, 2.05) is 29.2 Å². The number of carbonyl (C=O) groups excluding carboxylic acids is 2. The third-order valence-electron chi connectivity index (χ3n) is 4.05. The van der Waals surface area contributed by atoms with Crippen LogP contribution in [-0.4, -0.2) is 54.6 Å². The molecular formula is C17H23ClN2O2S. The summed E-state index contributed by atoms with van der Waals surface area (Å²) in [5.74, 6) is 1.69. The lowest BCUT2D eigenvalue weighted by Crippen LogP contribution is -2.43. The molecule has 1 fully saturated rings. The Morgan fingerprint density at radius 2 is 1.83 bits per heavy atom. The van der Waals surface area contributed by atoms with Gasteiger partial charge in [-0.05, 0) is 30.5 Å². The van der Waals surface area contributed by atoms with E-state index >= 15 is 0 Å². The maximum atomic E-state index is 12.2. The maximum Gasteiger partial charge on any atom is 0.232 e. The molecule has 0 atom stereocenters. The number of nitrogens with zero attached hydrogens (tertiary/aromatic N) is 2. The number of benzene rings is 1. The molecule has 6 heteroatoms. The molecule has 0 aromatic heterocycles. The van der Waals surface area contributed by atoms with Crippen LogP contribution in [0.25, 0.3) is 0 Å². The van der Waals surface area contributed by atoms with Crippen LogP contribution < -0.4 is 0 Å². The number of thioether (sulfide) groups is 1. The van der Waals surface area contributed by atoms with Crippen molar-refractivity contribution in [3.63, 3.8) is 0 Å². The second-order valence-electron chi connectivity index (χ2n) is 6.01. The molecule has 0 aliphatic carbocycles. The highest BCUT2D eigenvalue weighted by atomic mass is 35.5. The average Bonchev–Trinajstić information content (AvgIpc) is 2.56. The Labute approximate surface area is 147 Å². The fourth-order valence-corrected chi connectivity index (χ4v) is 3.68. The third kappa shape index (κ3) is 5.43. The average molecular weight is 355 g/mol. The SMILES string of the molecule is CN(C)C(=O)C1CCN(C(=O)CSCc2ccc(Cl)cc2)CC1. The highest BCUT2D eigenvalue weighted by molar-refractivity contribution is 7.99. The molecule has 0 bridgehead atoms. The zero-order chi connectivity index (χ0) is 16.8. The summed E-state index contributed by atoms with van der Waals surface area (Å²) in [6, 6.07) is 7.70. The van der Waals surface area contributed by atoms with Crippen LogP contribution in [0.4, 0.5) is 0 Å². The first-order valence-electron chi connectivity index (χ1n) is 7.78. The van der Waals surface area contributed by atoms with Gasteiger partial charge in [0.15, 0.2) is 0 Å². The minimum absolute atomic E-state index is 0.0655. The van der Waals surface area contributed by atoms with E-state index in [4.69, 9.17) is 11.6 Å². The van der Waals surface area contributed by atoms with Gasteiger partial charge in [0.25, 0.3) is 0 Å². The minimum Gasteiger partial charge on any atom is -0.349 e. The van der Waals surface area contributed by atoms with Crippen molar-refractivity contribution in [3.8, 4) is 0 Å². The first-order chi connectivity index (χ1) is 11.0. The molecule has 0 N–H and O–H groups in total. The van der Waals surface area contributed by atoms with Gasteiger partial charge in [-0.2, -0.15) is 0 Å². The Hall–Kier alpha value is -1.20. The second kappa shape index (κ2) is 8.60. The molecule has 126 valence electrons. The topological polar surface area (TPSA) is 40.6 Å². The van der Waals surface area contributed by atoms with Gasteiger partial charge in [0.2, 0.25) is 11.8 Å². The molecule has 1 aromatic carbocycles. The van der Waals surface area contributed by atoms with Gasteiger partial charge in [0.1, 0.15) is 0 Å². The molecule has 2 rings (SSSR count). The van der Waals surface area contributed by atoms with Crippen molar-refractivity contribution in [2.45, 2.75) is 18.6 Å². The van der Waals surface area contributed by atoms with Crippen molar-refractivity contribution in [2.24, 2.45) is 5.92 Å². The third-order valence-corrected chi connectivity index (χ3v) is 5.29. The number of hydrogen-bond acceptors (Lipinski definition) is 3. The van der Waals surface area contributed by atoms with Gasteiger partial charge in [-0.25, -0.2) is 0 Å². The van der Waals surface area contributed by atoms with Crippen LogP contribution >= 0.6 is 23.4 Å². The number of hydrogen-bond donors (Lipinski definition) is 0. The van der Waals surface area contributed by atoms with Crippen molar-refractivity contribution in [2.75, 3.05) is 32.9 Å². The Balaban J connectivity index is 1.71. The molecule has 1 aromatic rings. The molecule has 0 spiro atoms. The predicted molar refractivity (Wildman–Crippen MR) is 95.6 cm³/mol. The summed E-state index contributed by atoms with van der Waals surface area (Å²) in [7, 11) is 3.57. The second-order valence-corrected chi connectivity index (χ2v) is 7.43. The molecule has 0 saturated carbocycles. The first kappa shape index (κ1) is 18.1. The highest BCUT2D eigenvalue weighted by Crippen LogP contribution is 2.21. The maximum absolute atomic E-state index is 12.2. The summed E-state index contributed by atoms with van der Waals surface area (Å²) in [4.78, 5) is 27.7. The number of carbonyl (C=O) groups is 2. The zero-order valence-electron chi connectivity index (χ0n) is 13.6. The molecule has 4 nitrogen and oxygen atoms in total. The van der Waals surface area contributed by atoms with Crippen LogP contribution in [0.15, 0.2) is 24.3 Å². The van der Waals surface area contributed by atoms with Crippen LogP contribution in [0.3, 0.4) is 0 Å². The van der Waals surface area contributed by atoms with E-state index in [1.54, 1.807) is 30.8 Å². The molecule has 1 heterocycles. The number of amides is 2. The van der Waals surface area contributed by atoms with Crippen LogP contribution in [0.2, 0.25) is 5.02 Å². The van der Waals surface area contributed by atoms with Crippen molar-refractivity contribution < 1.29 is 9.59 Å². The van der Waals surface area contributed by atoms with Crippen molar-refractivity contribution in [3.05, 3.63) is 34.9 Å². The standard InChI is InChI=1S/C17H23ClN2O2S/c1-19(2)17(22)14-7-9-20(10-8-14)16(21)12-23-11-13-3-5-15(18)6-4-13/h3-6,14H,7-12H2,1-2H3. The lowest BCUT2D eigenvalue weighted by molar-refractivity contribution is -0.138. The van der Waals surface area contributed by atoms with Crippen molar-refractivity contribution in [1.82, 2.24) is 9.80 Å². The van der Waals surface area contributed by atoms with Crippen LogP contribution in [0.5, 0.6) is 0 Å². The monoisotopic (exact) mass is 354 g/mol. The molecule has 1 saturated heterocycles. The smallest absolute Gasteiger partial charge is 0.232 e. The molecular weight excluding hydrogens is 332 g/mol. The summed E-state index contributed by atoms with van der Waals surface area (Å²) in [5.41, 5.74) is 1.17. The lowest BCUT2D eigenvalue weighted by Gasteiger charge is -2.32. The number of rotatable bonds is 5. The number of halogens is 1. The number of likely N-dealkylation sites (tertiary alicyclic amines) is 1. The highest BCUT2D eigenvalue weighted by Gasteiger charge is 2.27. The number of piperidine rings is 1. The zero-order valence-corrected chi connectivity index (χ0v) is 15.2. The molecule has 23 heavy (non-hydrogen) atoms. The van der Waals surface area contributed by atoms with Gasteiger partial charge in [-0.1, -0.05) is 23.7 Å². The normalized spacial score (nSPS) is 15.5. The Kier molecular flexibility index (Phi) is 6.78. The summed E-state index contributed by atoms with van der Waals surface area (Å²) in [6.07, 6.45) is 1.54. The summed E-state index contributed by atoms with van der Waals surface area (Å²) in [6.45, 7) is 1.37. The van der Waals surface area contributed by atoms with Crippen molar-refractivity contribution in [1.29, 1.82) is 0 Å². The van der Waals surface area contributed by atoms with Gasteiger partial charge in [0.05, 0.1) is 5.75 Å². The fraction of sp³-hybridized carbons (Fsp3) is 0.529. The van der Waals surface area contributed by atoms with Gasteiger partial charge < -0.3 is 9.80 Å². The van der Waals surface area contributed by atoms with Crippen LogP contribution in [0, 0.1) is 5.92 Å². The van der Waals surface area contributed by atoms with Gasteiger partial charge in [-0.15, -0.1) is 11.8 Å². The van der Waals surface area contributed by atoms with E-state index in [0.717, 1.165) is 23.6 Å². The Bertz CT molecular complexity index is 540. The van der Waals surface area contributed by atoms with E-state index in [0.29, 0.717) is 18.8 Å². The predicted octanol–water partition coefficient (Wildman–Crippen LogP) is 2.90. The van der Waals surface area contributed by atoms with Gasteiger partial charge in [-0.3, -0.25) is 9.59 Å². The summed E-state index contributed by atoms with van der Waals surface area (Å²) in [5, 5.41) is 0.727. The largest absolute Gasteiger partial charge is 0.349 e. The van der Waals surface area contributed by atoms with Crippen LogP contribution in [0.1, 0.15) is 18.4 Å². The quantitative estimate of drug-likeness (QED) is 0.816. The van der Waals surface area contributed by atoms with Gasteiger partial charge >= 0.3 is 0 Å². The first-order valence-corrected chi connectivity index (χ1v) is 9.31. The van der Waals surface area contributed by atoms with E-state index in [-0.39, 0.29) is 17.7 Å². The summed E-state index contributed by atoms with van der Waals surface area (Å²) < 4.78 is 0. The Morgan fingerprint density at radius 3 is 2.39 bits per heavy atom. The molecule has 2 amide bonds. The molecule has 1 aliphatic heterocycles. The van der Waals surface area contributed by atoms with E-state index in [2.05, 4.69) is 0 Å². The van der Waals surface area contributed by atoms with Crippen molar-refractivity contribution >= 4 is 35.2 Å².